The van der Waals surface area contributed by atoms with E-state index in [0.29, 0.717) is 0 Å². The molecule has 0 aromatic rings. The van der Waals surface area contributed by atoms with Gasteiger partial charge in [-0.3, -0.25) is 0 Å². The first-order valence-corrected chi connectivity index (χ1v) is 4.83. The number of nitrogens with zero attached hydrogens (tertiary/aromatic N) is 1. The molecule has 66 valence electrons. The van der Waals surface area contributed by atoms with Crippen molar-refractivity contribution in [1.82, 2.24) is 4.90 Å². The summed E-state index contributed by atoms with van der Waals surface area (Å²) in [5, 5.41) is 0. The minimum atomic E-state index is 0.841. The van der Waals surface area contributed by atoms with Crippen LogP contribution in [-0.4, -0.2) is 23.9 Å². The van der Waals surface area contributed by atoms with Crippen LogP contribution < -0.4 is 0 Å². The van der Waals surface area contributed by atoms with Crippen LogP contribution >= 0.6 is 0 Å². The van der Waals surface area contributed by atoms with Crippen LogP contribution in [0.15, 0.2) is 6.20 Å². The van der Waals surface area contributed by atoms with Crippen molar-refractivity contribution in [3.8, 4) is 0 Å². The molecule has 0 aromatic carbocycles. The standard InChI is InChI=1S/C10H15NO/c12-6-5-11-7-9-1-2-10(8-11)4-3-9/h5,9-10H,1-4,7-8H2. The molecule has 0 aromatic heterocycles. The first kappa shape index (κ1) is 7.88. The van der Waals surface area contributed by atoms with Gasteiger partial charge in [-0.15, -0.1) is 0 Å². The molecule has 2 saturated heterocycles. The molecule has 0 atom stereocenters. The van der Waals surface area contributed by atoms with Crippen molar-refractivity contribution in [2.45, 2.75) is 25.7 Å². The van der Waals surface area contributed by atoms with Gasteiger partial charge in [0.15, 0.2) is 0 Å². The molecule has 2 aliphatic heterocycles. The Morgan fingerprint density at radius 1 is 1.08 bits per heavy atom. The topological polar surface area (TPSA) is 20.3 Å². The Morgan fingerprint density at radius 3 is 2.00 bits per heavy atom. The highest BCUT2D eigenvalue weighted by Crippen LogP contribution is 2.33. The molecule has 12 heavy (non-hydrogen) atoms. The van der Waals surface area contributed by atoms with Crippen LogP contribution in [0, 0.1) is 11.8 Å². The van der Waals surface area contributed by atoms with Gasteiger partial charge < -0.3 is 4.90 Å². The van der Waals surface area contributed by atoms with E-state index in [1.165, 1.54) is 25.7 Å². The summed E-state index contributed by atoms with van der Waals surface area (Å²) in [6, 6.07) is 0. The van der Waals surface area contributed by atoms with Crippen LogP contribution in [0.2, 0.25) is 0 Å². The Bertz CT molecular complexity index is 186. The van der Waals surface area contributed by atoms with E-state index in [1.807, 2.05) is 5.94 Å². The Kier molecular flexibility index (Phi) is 2.18. The van der Waals surface area contributed by atoms with Crippen LogP contribution in [0.5, 0.6) is 0 Å². The summed E-state index contributed by atoms with van der Waals surface area (Å²) >= 11 is 0. The van der Waals surface area contributed by atoms with Gasteiger partial charge in [0, 0.05) is 13.1 Å². The third-order valence-corrected chi connectivity index (χ3v) is 3.19. The highest BCUT2D eigenvalue weighted by molar-refractivity contribution is 5.44. The van der Waals surface area contributed by atoms with E-state index in [1.54, 1.807) is 6.20 Å². The van der Waals surface area contributed by atoms with Crippen LogP contribution in [0.25, 0.3) is 0 Å². The van der Waals surface area contributed by atoms with Gasteiger partial charge in [-0.2, -0.15) is 0 Å². The second-order valence-corrected chi connectivity index (χ2v) is 4.09. The minimum Gasteiger partial charge on any atom is -0.368 e. The van der Waals surface area contributed by atoms with Gasteiger partial charge in [0.2, 0.25) is 0 Å². The minimum absolute atomic E-state index is 0.841. The van der Waals surface area contributed by atoms with Crippen LogP contribution in [-0.2, 0) is 4.79 Å². The average molecular weight is 165 g/mol. The summed E-state index contributed by atoms with van der Waals surface area (Å²) in [5.41, 5.74) is 0. The van der Waals surface area contributed by atoms with Crippen molar-refractivity contribution in [3.63, 3.8) is 0 Å². The molecule has 2 heterocycles. The predicted molar refractivity (Wildman–Crippen MR) is 47.3 cm³/mol. The molecule has 1 aliphatic carbocycles. The maximum atomic E-state index is 10.2. The first-order valence-electron chi connectivity index (χ1n) is 4.83. The lowest BCUT2D eigenvalue weighted by Gasteiger charge is -2.20. The molecule has 3 fully saturated rings. The van der Waals surface area contributed by atoms with E-state index >= 15 is 0 Å². The summed E-state index contributed by atoms with van der Waals surface area (Å²) in [5.74, 6) is 3.57. The summed E-state index contributed by atoms with van der Waals surface area (Å²) < 4.78 is 0. The van der Waals surface area contributed by atoms with Gasteiger partial charge in [-0.05, 0) is 37.5 Å². The number of rotatable bonds is 1. The van der Waals surface area contributed by atoms with E-state index in [2.05, 4.69) is 4.90 Å². The van der Waals surface area contributed by atoms with Gasteiger partial charge in [-0.25, -0.2) is 4.79 Å². The van der Waals surface area contributed by atoms with Crippen molar-refractivity contribution in [3.05, 3.63) is 6.20 Å². The predicted octanol–water partition coefficient (Wildman–Crippen LogP) is 1.45. The lowest BCUT2D eigenvalue weighted by Crippen LogP contribution is -2.22. The number of carbonyl (C=O) groups excluding carboxylic acids is 1. The SMILES string of the molecule is O=C=CN1CC2CCC(CC2)C1. The molecule has 0 N–H and O–H groups in total. The molecule has 2 heteroatoms. The van der Waals surface area contributed by atoms with Gasteiger partial charge in [0.05, 0.1) is 6.20 Å². The Morgan fingerprint density at radius 2 is 1.58 bits per heavy atom. The Hall–Kier alpha value is -0.750. The quantitative estimate of drug-likeness (QED) is 0.548. The lowest BCUT2D eigenvalue weighted by atomic mass is 9.84. The third kappa shape index (κ3) is 1.54. The van der Waals surface area contributed by atoms with Crippen molar-refractivity contribution < 1.29 is 4.79 Å². The van der Waals surface area contributed by atoms with Crippen LogP contribution in [0.3, 0.4) is 0 Å². The number of hydrogen-bond acceptors (Lipinski definition) is 2. The second-order valence-electron chi connectivity index (χ2n) is 4.09. The second kappa shape index (κ2) is 3.32. The third-order valence-electron chi connectivity index (χ3n) is 3.19. The van der Waals surface area contributed by atoms with Crippen LogP contribution in [0.1, 0.15) is 25.7 Å². The fourth-order valence-electron chi connectivity index (χ4n) is 2.51. The molecule has 3 rings (SSSR count). The number of fused-ring (bicyclic) bond motifs is 4. The zero-order chi connectivity index (χ0) is 8.39. The van der Waals surface area contributed by atoms with E-state index in [0.717, 1.165) is 24.9 Å². The summed E-state index contributed by atoms with van der Waals surface area (Å²) in [4.78, 5) is 12.4. The summed E-state index contributed by atoms with van der Waals surface area (Å²) in [7, 11) is 0. The molecule has 0 radical (unpaired) electrons. The molecule has 0 amide bonds. The van der Waals surface area contributed by atoms with Gasteiger partial charge >= 0.3 is 0 Å². The van der Waals surface area contributed by atoms with E-state index < -0.39 is 0 Å². The Labute approximate surface area is 73.2 Å². The zero-order valence-corrected chi connectivity index (χ0v) is 7.33. The monoisotopic (exact) mass is 165 g/mol. The average Bonchev–Trinajstić information content (AvgIpc) is 2.36. The summed E-state index contributed by atoms with van der Waals surface area (Å²) in [6.07, 6.45) is 7.07. The first-order chi connectivity index (χ1) is 5.88. The molecular formula is C10H15NO. The van der Waals surface area contributed by atoms with Gasteiger partial charge in [0.25, 0.3) is 0 Å². The van der Waals surface area contributed by atoms with Crippen molar-refractivity contribution in [2.24, 2.45) is 11.8 Å². The summed E-state index contributed by atoms with van der Waals surface area (Å²) in [6.45, 7) is 2.18. The maximum Gasteiger partial charge on any atom is 0.142 e. The van der Waals surface area contributed by atoms with E-state index in [4.69, 9.17) is 0 Å². The van der Waals surface area contributed by atoms with Gasteiger partial charge in [0.1, 0.15) is 5.94 Å². The fraction of sp³-hybridized carbons (Fsp3) is 0.800. The van der Waals surface area contributed by atoms with Crippen molar-refractivity contribution in [1.29, 1.82) is 0 Å². The zero-order valence-electron chi connectivity index (χ0n) is 7.33. The van der Waals surface area contributed by atoms with Gasteiger partial charge in [-0.1, -0.05) is 0 Å². The normalized spacial score (nSPS) is 34.2. The Balaban J connectivity index is 2.06. The smallest absolute Gasteiger partial charge is 0.142 e. The van der Waals surface area contributed by atoms with Crippen LogP contribution in [0.4, 0.5) is 0 Å². The molecule has 1 saturated carbocycles. The molecule has 3 aliphatic rings. The largest absolute Gasteiger partial charge is 0.368 e. The lowest BCUT2D eigenvalue weighted by molar-refractivity contribution is 0.326. The number of hydrogen-bond donors (Lipinski definition) is 0. The van der Waals surface area contributed by atoms with E-state index in [-0.39, 0.29) is 0 Å². The highest BCUT2D eigenvalue weighted by atomic mass is 16.1. The highest BCUT2D eigenvalue weighted by Gasteiger charge is 2.27. The molecular weight excluding hydrogens is 150 g/mol. The molecule has 2 bridgehead atoms. The molecule has 0 spiro atoms. The molecule has 2 nitrogen and oxygen atoms in total. The molecule has 0 unspecified atom stereocenters. The fourth-order valence-corrected chi connectivity index (χ4v) is 2.51. The van der Waals surface area contributed by atoms with Crippen molar-refractivity contribution in [2.75, 3.05) is 13.1 Å². The van der Waals surface area contributed by atoms with Crippen molar-refractivity contribution >= 4 is 5.94 Å². The maximum absolute atomic E-state index is 10.2. The van der Waals surface area contributed by atoms with E-state index in [9.17, 15) is 4.79 Å².